The molecule has 31 heavy (non-hydrogen) atoms. The molecule has 0 spiro atoms. The minimum absolute atomic E-state index is 0.345. The molecular weight excluding hydrogens is 390 g/mol. The van der Waals surface area contributed by atoms with Gasteiger partial charge in [0.1, 0.15) is 11.6 Å². The van der Waals surface area contributed by atoms with Gasteiger partial charge in [-0.2, -0.15) is 9.78 Å². The summed E-state index contributed by atoms with van der Waals surface area (Å²) in [6.45, 7) is 2.14. The van der Waals surface area contributed by atoms with Crippen LogP contribution in [0.15, 0.2) is 30.6 Å². The minimum Gasteiger partial charge on any atom is -0.375 e. The fourth-order valence-electron chi connectivity index (χ4n) is 5.32. The van der Waals surface area contributed by atoms with Gasteiger partial charge < -0.3 is 9.64 Å². The summed E-state index contributed by atoms with van der Waals surface area (Å²) in [5.41, 5.74) is 1.02. The van der Waals surface area contributed by atoms with Crippen LogP contribution in [0.2, 0.25) is 0 Å². The first kappa shape index (κ1) is 19.0. The van der Waals surface area contributed by atoms with E-state index in [1.807, 2.05) is 40.9 Å². The average molecular weight is 420 g/mol. The van der Waals surface area contributed by atoms with Gasteiger partial charge in [0.05, 0.1) is 12.2 Å². The van der Waals surface area contributed by atoms with E-state index < -0.39 is 0 Å². The van der Waals surface area contributed by atoms with Crippen molar-refractivity contribution in [1.29, 1.82) is 0 Å². The number of nitrogens with zero attached hydrogens (tertiary/aromatic N) is 7. The number of fused-ring (bicyclic) bond motifs is 2. The number of anilines is 1. The molecule has 3 aliphatic rings. The Hall–Kier alpha value is -2.74. The Kier molecular flexibility index (Phi) is 4.74. The Morgan fingerprint density at radius 2 is 1.77 bits per heavy atom. The van der Waals surface area contributed by atoms with Crippen molar-refractivity contribution in [3.8, 4) is 17.2 Å². The van der Waals surface area contributed by atoms with Gasteiger partial charge in [-0.05, 0) is 57.1 Å². The molecule has 0 radical (unpaired) electrons. The van der Waals surface area contributed by atoms with Gasteiger partial charge >= 0.3 is 0 Å². The van der Waals surface area contributed by atoms with Gasteiger partial charge in [0, 0.05) is 50.1 Å². The Bertz CT molecular complexity index is 1060. The van der Waals surface area contributed by atoms with Gasteiger partial charge in [-0.25, -0.2) is 9.97 Å². The molecule has 6 rings (SSSR count). The van der Waals surface area contributed by atoms with Crippen molar-refractivity contribution in [2.24, 2.45) is 7.05 Å². The quantitative estimate of drug-likeness (QED) is 0.645. The topological polar surface area (TPSA) is 73.9 Å². The molecule has 3 fully saturated rings. The normalized spacial score (nSPS) is 25.8. The van der Waals surface area contributed by atoms with Crippen molar-refractivity contribution < 1.29 is 4.74 Å². The fraction of sp³-hybridized carbons (Fsp3) is 0.565. The van der Waals surface area contributed by atoms with E-state index in [0.29, 0.717) is 18.1 Å². The molecule has 3 aromatic rings. The van der Waals surface area contributed by atoms with Crippen LogP contribution >= 0.6 is 0 Å². The summed E-state index contributed by atoms with van der Waals surface area (Å²) in [6, 6.07) is 6.16. The number of hydrogen-bond donors (Lipinski definition) is 0. The largest absolute Gasteiger partial charge is 0.375 e. The van der Waals surface area contributed by atoms with Crippen LogP contribution in [-0.4, -0.2) is 54.8 Å². The van der Waals surface area contributed by atoms with Crippen LogP contribution < -0.4 is 4.90 Å². The zero-order chi connectivity index (χ0) is 20.8. The zero-order valence-corrected chi connectivity index (χ0v) is 18.0. The van der Waals surface area contributed by atoms with Gasteiger partial charge in [0.2, 0.25) is 0 Å². The van der Waals surface area contributed by atoms with Crippen LogP contribution in [0.25, 0.3) is 17.2 Å². The van der Waals surface area contributed by atoms with E-state index in [4.69, 9.17) is 14.8 Å². The second-order valence-electron chi connectivity index (χ2n) is 9.13. The van der Waals surface area contributed by atoms with Gasteiger partial charge in [0.15, 0.2) is 11.6 Å². The summed E-state index contributed by atoms with van der Waals surface area (Å²) < 4.78 is 9.85. The first-order valence-corrected chi connectivity index (χ1v) is 11.6. The van der Waals surface area contributed by atoms with Crippen molar-refractivity contribution in [2.45, 2.75) is 63.1 Å². The molecule has 0 N–H and O–H groups in total. The molecule has 0 amide bonds. The standard InChI is InChI=1S/C23H29N7O/c1-28-12-8-20(26-28)30-23(17-13-18-5-6-19(14-17)31-18)25-22(27-30)16-7-9-24-21(15-16)29-10-3-2-4-11-29/h7-9,12,15,17-19H,2-6,10-11,13-14H2,1H3. The summed E-state index contributed by atoms with van der Waals surface area (Å²) in [6.07, 6.45) is 12.7. The molecule has 6 heterocycles. The molecule has 3 saturated heterocycles. The van der Waals surface area contributed by atoms with Crippen LogP contribution in [0, 0.1) is 0 Å². The monoisotopic (exact) mass is 419 g/mol. The highest BCUT2D eigenvalue weighted by atomic mass is 16.5. The van der Waals surface area contributed by atoms with E-state index in [2.05, 4.69) is 21.0 Å². The lowest BCUT2D eigenvalue weighted by atomic mass is 9.95. The van der Waals surface area contributed by atoms with Gasteiger partial charge in [-0.1, -0.05) is 0 Å². The van der Waals surface area contributed by atoms with E-state index in [0.717, 1.165) is 67.6 Å². The third-order valence-electron chi connectivity index (χ3n) is 6.89. The lowest BCUT2D eigenvalue weighted by Crippen LogP contribution is -2.30. The molecule has 162 valence electrons. The van der Waals surface area contributed by atoms with Crippen molar-refractivity contribution in [1.82, 2.24) is 29.5 Å². The third kappa shape index (κ3) is 3.63. The Balaban J connectivity index is 1.38. The maximum atomic E-state index is 6.08. The molecule has 0 aromatic carbocycles. The predicted molar refractivity (Wildman–Crippen MR) is 117 cm³/mol. The molecule has 0 saturated carbocycles. The maximum absolute atomic E-state index is 6.08. The highest BCUT2D eigenvalue weighted by Crippen LogP contribution is 2.41. The highest BCUT2D eigenvalue weighted by molar-refractivity contribution is 5.60. The number of piperidine rings is 1. The minimum atomic E-state index is 0.345. The maximum Gasteiger partial charge on any atom is 0.182 e. The molecular formula is C23H29N7O. The van der Waals surface area contributed by atoms with E-state index >= 15 is 0 Å². The lowest BCUT2D eigenvalue weighted by molar-refractivity contribution is -0.00538. The van der Waals surface area contributed by atoms with Crippen LogP contribution in [0.1, 0.15) is 56.7 Å². The second kappa shape index (κ2) is 7.75. The Morgan fingerprint density at radius 1 is 0.968 bits per heavy atom. The number of aromatic nitrogens is 6. The summed E-state index contributed by atoms with van der Waals surface area (Å²) in [5.74, 6) is 3.95. The molecule has 2 atom stereocenters. The van der Waals surface area contributed by atoms with Crippen molar-refractivity contribution >= 4 is 5.82 Å². The summed E-state index contributed by atoms with van der Waals surface area (Å²) >= 11 is 0. The van der Waals surface area contributed by atoms with E-state index in [9.17, 15) is 0 Å². The third-order valence-corrected chi connectivity index (χ3v) is 6.89. The van der Waals surface area contributed by atoms with Crippen LogP contribution in [0.5, 0.6) is 0 Å². The second-order valence-corrected chi connectivity index (χ2v) is 9.13. The van der Waals surface area contributed by atoms with E-state index in [1.54, 1.807) is 0 Å². The van der Waals surface area contributed by atoms with Gasteiger partial charge in [0.25, 0.3) is 0 Å². The Labute approximate surface area is 182 Å². The average Bonchev–Trinajstić information content (AvgIpc) is 3.52. The molecule has 2 bridgehead atoms. The SMILES string of the molecule is Cn1ccc(-n2nc(-c3ccnc(N4CCCCC4)c3)nc2C2CC3CCC(C2)O3)n1. The van der Waals surface area contributed by atoms with E-state index in [-0.39, 0.29) is 0 Å². The summed E-state index contributed by atoms with van der Waals surface area (Å²) in [7, 11) is 1.93. The van der Waals surface area contributed by atoms with Crippen molar-refractivity contribution in [2.75, 3.05) is 18.0 Å². The lowest BCUT2D eigenvalue weighted by Gasteiger charge is -2.27. The highest BCUT2D eigenvalue weighted by Gasteiger charge is 2.38. The molecule has 3 aromatic heterocycles. The first-order chi connectivity index (χ1) is 15.2. The van der Waals surface area contributed by atoms with Crippen molar-refractivity contribution in [3.63, 3.8) is 0 Å². The van der Waals surface area contributed by atoms with Crippen LogP contribution in [-0.2, 0) is 11.8 Å². The molecule has 2 unspecified atom stereocenters. The molecule has 8 heteroatoms. The number of pyridine rings is 1. The van der Waals surface area contributed by atoms with Gasteiger partial charge in [-0.3, -0.25) is 4.68 Å². The number of ether oxygens (including phenoxy) is 1. The smallest absolute Gasteiger partial charge is 0.182 e. The molecule has 0 aliphatic carbocycles. The fourth-order valence-corrected chi connectivity index (χ4v) is 5.32. The number of hydrogen-bond acceptors (Lipinski definition) is 6. The predicted octanol–water partition coefficient (Wildman–Crippen LogP) is 3.48. The molecule has 8 nitrogen and oxygen atoms in total. The van der Waals surface area contributed by atoms with Crippen molar-refractivity contribution in [3.05, 3.63) is 36.4 Å². The van der Waals surface area contributed by atoms with Gasteiger partial charge in [-0.15, -0.1) is 5.10 Å². The first-order valence-electron chi connectivity index (χ1n) is 11.6. The van der Waals surface area contributed by atoms with Crippen LogP contribution in [0.4, 0.5) is 5.82 Å². The summed E-state index contributed by atoms with van der Waals surface area (Å²) in [5, 5.41) is 9.55. The Morgan fingerprint density at radius 3 is 2.52 bits per heavy atom. The number of rotatable bonds is 4. The zero-order valence-electron chi connectivity index (χ0n) is 18.0. The molecule has 3 aliphatic heterocycles. The number of aryl methyl sites for hydroxylation is 1. The van der Waals surface area contributed by atoms with E-state index in [1.165, 1.54) is 19.3 Å². The summed E-state index contributed by atoms with van der Waals surface area (Å²) in [4.78, 5) is 12.1. The van der Waals surface area contributed by atoms with Crippen LogP contribution in [0.3, 0.4) is 0 Å².